The van der Waals surface area contributed by atoms with Crippen molar-refractivity contribution in [1.29, 1.82) is 0 Å². The van der Waals surface area contributed by atoms with Gasteiger partial charge < -0.3 is 10.3 Å². The fraction of sp³-hybridized carbons (Fsp3) is 0.364. The van der Waals surface area contributed by atoms with Crippen molar-refractivity contribution >= 4 is 20.9 Å². The maximum atomic E-state index is 11.4. The lowest BCUT2D eigenvalue weighted by molar-refractivity contribution is 0.602. The third-order valence-electron chi connectivity index (χ3n) is 2.74. The molecule has 0 radical (unpaired) electrons. The minimum absolute atomic E-state index is 0.101. The molecule has 0 aliphatic heterocycles. The van der Waals surface area contributed by atoms with Crippen molar-refractivity contribution < 1.29 is 8.42 Å². The second kappa shape index (κ2) is 4.12. The first-order chi connectivity index (χ1) is 7.91. The van der Waals surface area contributed by atoms with Gasteiger partial charge in [-0.15, -0.1) is 0 Å². The van der Waals surface area contributed by atoms with Crippen LogP contribution in [0.3, 0.4) is 0 Å². The summed E-state index contributed by atoms with van der Waals surface area (Å²) in [4.78, 5) is 7.82. The van der Waals surface area contributed by atoms with Gasteiger partial charge in [-0.3, -0.25) is 0 Å². The molecule has 1 atom stereocenters. The van der Waals surface area contributed by atoms with Crippen molar-refractivity contribution in [2.24, 2.45) is 0 Å². The molecule has 1 unspecified atom stereocenters. The summed E-state index contributed by atoms with van der Waals surface area (Å²) in [5.74, 6) is 0.799. The number of sulfone groups is 1. The van der Waals surface area contributed by atoms with Crippen LogP contribution in [0.5, 0.6) is 0 Å². The predicted molar refractivity (Wildman–Crippen MR) is 66.7 cm³/mol. The average molecular weight is 253 g/mol. The Labute approximate surface area is 100 Å². The molecule has 17 heavy (non-hydrogen) atoms. The summed E-state index contributed by atoms with van der Waals surface area (Å²) in [6.07, 6.45) is 1.20. The Balaban J connectivity index is 2.56. The van der Waals surface area contributed by atoms with E-state index in [4.69, 9.17) is 0 Å². The number of H-pyrrole nitrogens is 1. The van der Waals surface area contributed by atoms with E-state index in [9.17, 15) is 8.42 Å². The Morgan fingerprint density at radius 2 is 2.12 bits per heavy atom. The molecule has 2 rings (SSSR count). The van der Waals surface area contributed by atoms with Crippen LogP contribution in [0.25, 0.3) is 11.0 Å². The molecule has 0 saturated heterocycles. The van der Waals surface area contributed by atoms with Crippen LogP contribution in [-0.2, 0) is 9.84 Å². The Kier molecular flexibility index (Phi) is 2.92. The second-order valence-electron chi connectivity index (χ2n) is 4.08. The molecule has 0 aliphatic carbocycles. The topological polar surface area (TPSA) is 74.8 Å². The first kappa shape index (κ1) is 12.1. The smallest absolute Gasteiger partial charge is 0.175 e. The van der Waals surface area contributed by atoms with Crippen molar-refractivity contribution in [3.05, 3.63) is 24.0 Å². The number of aromatic nitrogens is 2. The van der Waals surface area contributed by atoms with Crippen LogP contribution in [-0.4, -0.2) is 31.7 Å². The van der Waals surface area contributed by atoms with Gasteiger partial charge in [0.2, 0.25) is 0 Å². The maximum Gasteiger partial charge on any atom is 0.175 e. The molecule has 5 nitrogen and oxygen atoms in total. The van der Waals surface area contributed by atoms with E-state index in [1.165, 1.54) is 6.26 Å². The van der Waals surface area contributed by atoms with E-state index in [2.05, 4.69) is 15.3 Å². The second-order valence-corrected chi connectivity index (χ2v) is 6.10. The van der Waals surface area contributed by atoms with Crippen LogP contribution in [0.1, 0.15) is 18.8 Å². The average Bonchev–Trinajstić information content (AvgIpc) is 2.69. The number of nitrogens with zero attached hydrogens (tertiary/aromatic N) is 1. The molecule has 92 valence electrons. The molecule has 1 heterocycles. The van der Waals surface area contributed by atoms with E-state index in [1.807, 2.05) is 14.0 Å². The lowest BCUT2D eigenvalue weighted by Crippen LogP contribution is -2.13. The highest BCUT2D eigenvalue weighted by molar-refractivity contribution is 7.90. The monoisotopic (exact) mass is 253 g/mol. The molecule has 2 N–H and O–H groups in total. The lowest BCUT2D eigenvalue weighted by Gasteiger charge is -2.04. The van der Waals surface area contributed by atoms with Gasteiger partial charge in [-0.05, 0) is 32.2 Å². The zero-order valence-corrected chi connectivity index (χ0v) is 10.8. The number of fused-ring (bicyclic) bond motifs is 1. The summed E-state index contributed by atoms with van der Waals surface area (Å²) in [6.45, 7) is 1.98. The number of benzene rings is 1. The molecule has 0 amide bonds. The first-order valence-corrected chi connectivity index (χ1v) is 7.18. The molecule has 0 saturated carbocycles. The number of rotatable bonds is 3. The van der Waals surface area contributed by atoms with E-state index in [-0.39, 0.29) is 6.04 Å². The molecule has 0 bridgehead atoms. The minimum Gasteiger partial charge on any atom is -0.341 e. The summed E-state index contributed by atoms with van der Waals surface area (Å²) in [6, 6.07) is 5.01. The zero-order chi connectivity index (χ0) is 12.6. The molecule has 6 heteroatoms. The minimum atomic E-state index is -3.17. The fourth-order valence-corrected chi connectivity index (χ4v) is 2.23. The van der Waals surface area contributed by atoms with Gasteiger partial charge in [0, 0.05) is 6.26 Å². The largest absolute Gasteiger partial charge is 0.341 e. The lowest BCUT2D eigenvalue weighted by atomic mass is 10.3. The van der Waals surface area contributed by atoms with Crippen LogP contribution in [0.2, 0.25) is 0 Å². The quantitative estimate of drug-likeness (QED) is 0.863. The molecule has 0 spiro atoms. The van der Waals surface area contributed by atoms with Gasteiger partial charge in [0.25, 0.3) is 0 Å². The van der Waals surface area contributed by atoms with Crippen LogP contribution in [0, 0.1) is 0 Å². The summed E-state index contributed by atoms with van der Waals surface area (Å²) in [5.41, 5.74) is 1.51. The standard InChI is InChI=1S/C11H15N3O2S/c1-7(12-2)11-13-9-5-4-8(17(3,15)16)6-10(9)14-11/h4-7,12H,1-3H3,(H,13,14). The van der Waals surface area contributed by atoms with Gasteiger partial charge in [-0.25, -0.2) is 13.4 Å². The van der Waals surface area contributed by atoms with Crippen LogP contribution in [0.4, 0.5) is 0 Å². The SMILES string of the molecule is CNC(C)c1nc2ccc(S(C)(=O)=O)cc2[nH]1. The van der Waals surface area contributed by atoms with E-state index < -0.39 is 9.84 Å². The van der Waals surface area contributed by atoms with Crippen molar-refractivity contribution in [2.45, 2.75) is 17.9 Å². The molecule has 0 aliphatic rings. The summed E-state index contributed by atoms with van der Waals surface area (Å²) in [5, 5.41) is 3.08. The molecule has 1 aromatic carbocycles. The molecule has 2 aromatic rings. The zero-order valence-electron chi connectivity index (χ0n) is 9.98. The van der Waals surface area contributed by atoms with Gasteiger partial charge in [0.1, 0.15) is 5.82 Å². The maximum absolute atomic E-state index is 11.4. The van der Waals surface area contributed by atoms with Gasteiger partial charge in [-0.1, -0.05) is 0 Å². The summed E-state index contributed by atoms with van der Waals surface area (Å²) in [7, 11) is -1.33. The van der Waals surface area contributed by atoms with E-state index >= 15 is 0 Å². The Morgan fingerprint density at radius 1 is 1.41 bits per heavy atom. The van der Waals surface area contributed by atoms with Gasteiger partial charge in [-0.2, -0.15) is 0 Å². The third kappa shape index (κ3) is 2.32. The van der Waals surface area contributed by atoms with Gasteiger partial charge in [0.15, 0.2) is 9.84 Å². The Hall–Kier alpha value is -1.40. The molecule has 0 fully saturated rings. The first-order valence-electron chi connectivity index (χ1n) is 5.29. The predicted octanol–water partition coefficient (Wildman–Crippen LogP) is 1.25. The van der Waals surface area contributed by atoms with Gasteiger partial charge >= 0.3 is 0 Å². The number of hydrogen-bond acceptors (Lipinski definition) is 4. The summed E-state index contributed by atoms with van der Waals surface area (Å²) >= 11 is 0. The fourth-order valence-electron chi connectivity index (χ4n) is 1.58. The highest BCUT2D eigenvalue weighted by atomic mass is 32.2. The normalized spacial score (nSPS) is 14.1. The number of hydrogen-bond donors (Lipinski definition) is 2. The third-order valence-corrected chi connectivity index (χ3v) is 3.85. The Morgan fingerprint density at radius 3 is 2.71 bits per heavy atom. The number of imidazole rings is 1. The number of aromatic amines is 1. The highest BCUT2D eigenvalue weighted by Gasteiger charge is 2.12. The summed E-state index contributed by atoms with van der Waals surface area (Å²) < 4.78 is 22.9. The van der Waals surface area contributed by atoms with E-state index in [1.54, 1.807) is 18.2 Å². The Bertz CT molecular complexity index is 646. The van der Waals surface area contributed by atoms with Crippen molar-refractivity contribution in [2.75, 3.05) is 13.3 Å². The molecular formula is C11H15N3O2S. The van der Waals surface area contributed by atoms with Crippen molar-refractivity contribution in [1.82, 2.24) is 15.3 Å². The van der Waals surface area contributed by atoms with Crippen molar-refractivity contribution in [3.8, 4) is 0 Å². The van der Waals surface area contributed by atoms with E-state index in [0.29, 0.717) is 4.90 Å². The molecule has 1 aromatic heterocycles. The van der Waals surface area contributed by atoms with Crippen molar-refractivity contribution in [3.63, 3.8) is 0 Å². The number of nitrogens with one attached hydrogen (secondary N) is 2. The van der Waals surface area contributed by atoms with Crippen LogP contribution in [0.15, 0.2) is 23.1 Å². The van der Waals surface area contributed by atoms with E-state index in [0.717, 1.165) is 16.9 Å². The highest BCUT2D eigenvalue weighted by Crippen LogP contribution is 2.19. The van der Waals surface area contributed by atoms with Gasteiger partial charge in [0.05, 0.1) is 22.0 Å². The molecular weight excluding hydrogens is 238 g/mol. The van der Waals surface area contributed by atoms with Crippen LogP contribution >= 0.6 is 0 Å². The van der Waals surface area contributed by atoms with Crippen LogP contribution < -0.4 is 5.32 Å².